The van der Waals surface area contributed by atoms with Crippen LogP contribution < -0.4 is 15.0 Å². The van der Waals surface area contributed by atoms with Crippen molar-refractivity contribution in [2.24, 2.45) is 0 Å². The molecule has 1 unspecified atom stereocenters. The van der Waals surface area contributed by atoms with Gasteiger partial charge >= 0.3 is 0 Å². The molecule has 10 heteroatoms. The summed E-state index contributed by atoms with van der Waals surface area (Å²) < 4.78 is 35.1. The number of hydrogen-bond acceptors (Lipinski definition) is 6. The Morgan fingerprint density at radius 2 is 1.84 bits per heavy atom. The van der Waals surface area contributed by atoms with Gasteiger partial charge < -0.3 is 9.72 Å². The monoisotopic (exact) mass is 528 g/mol. The molecule has 2 aromatic rings. The highest BCUT2D eigenvalue weighted by atomic mass is 79.9. The molecule has 178 valence electrons. The van der Waals surface area contributed by atoms with Gasteiger partial charge in [-0.05, 0) is 66.5 Å². The van der Waals surface area contributed by atoms with Crippen molar-refractivity contribution in [2.45, 2.75) is 64.9 Å². The molecule has 1 atom stereocenters. The first-order chi connectivity index (χ1) is 15.0. The topological polar surface area (TPSA) is 104 Å². The molecule has 8 nitrogen and oxygen atoms in total. The Hall–Kier alpha value is -1.75. The summed E-state index contributed by atoms with van der Waals surface area (Å²) in [5, 5.41) is 0. The van der Waals surface area contributed by atoms with Crippen LogP contribution in [0.4, 0.5) is 0 Å². The Morgan fingerprint density at radius 3 is 2.41 bits per heavy atom. The Balaban J connectivity index is 2.60. The first-order valence-electron chi connectivity index (χ1n) is 10.9. The summed E-state index contributed by atoms with van der Waals surface area (Å²) in [5.74, 6) is 0.721. The quantitative estimate of drug-likeness (QED) is 0.425. The fraction of sp³-hybridized carbons (Fsp3) is 0.545. The van der Waals surface area contributed by atoms with Crippen molar-refractivity contribution in [1.82, 2.24) is 19.6 Å². The molecule has 1 aromatic heterocycles. The zero-order chi connectivity index (χ0) is 24.1. The predicted octanol–water partition coefficient (Wildman–Crippen LogP) is 4.08. The highest BCUT2D eigenvalue weighted by Crippen LogP contribution is 2.32. The summed E-state index contributed by atoms with van der Waals surface area (Å²) in [6, 6.07) is 4.61. The van der Waals surface area contributed by atoms with Crippen LogP contribution in [0.15, 0.2) is 32.4 Å². The molecule has 2 rings (SSSR count). The summed E-state index contributed by atoms with van der Waals surface area (Å²) in [7, 11) is -3.81. The number of rotatable bonds is 11. The number of H-pyrrole nitrogens is 1. The number of halogens is 1. The average Bonchev–Trinajstić information content (AvgIpc) is 2.74. The molecule has 0 spiro atoms. The number of aromatic nitrogens is 2. The van der Waals surface area contributed by atoms with Gasteiger partial charge in [-0.25, -0.2) is 13.4 Å². The van der Waals surface area contributed by atoms with Crippen LogP contribution in [-0.2, 0) is 10.0 Å². The van der Waals surface area contributed by atoms with Crippen molar-refractivity contribution in [3.05, 3.63) is 38.7 Å². The summed E-state index contributed by atoms with van der Waals surface area (Å²) in [6.07, 6.45) is 0.414. The number of nitrogens with zero attached hydrogens (tertiary/aromatic N) is 2. The summed E-state index contributed by atoms with van der Waals surface area (Å²) in [5.41, 5.74) is 0.678. The predicted molar refractivity (Wildman–Crippen MR) is 131 cm³/mol. The lowest BCUT2D eigenvalue weighted by atomic mass is 10.1. The fourth-order valence-electron chi connectivity index (χ4n) is 3.32. The Labute approximate surface area is 199 Å². The van der Waals surface area contributed by atoms with E-state index in [1.54, 1.807) is 6.07 Å². The Morgan fingerprint density at radius 1 is 1.19 bits per heavy atom. The third-order valence-corrected chi connectivity index (χ3v) is 7.39. The normalized spacial score (nSPS) is 13.0. The van der Waals surface area contributed by atoms with E-state index in [0.717, 1.165) is 19.5 Å². The van der Waals surface area contributed by atoms with E-state index in [-0.39, 0.29) is 28.4 Å². The number of ether oxygens (including phenoxy) is 1. The summed E-state index contributed by atoms with van der Waals surface area (Å²) >= 11 is 3.30. The molecule has 1 aromatic carbocycles. The molecule has 32 heavy (non-hydrogen) atoms. The molecular formula is C22H33BrN4O4S. The van der Waals surface area contributed by atoms with Crippen LogP contribution in [0.25, 0.3) is 11.4 Å². The number of benzene rings is 1. The van der Waals surface area contributed by atoms with E-state index >= 15 is 0 Å². The van der Waals surface area contributed by atoms with E-state index in [2.05, 4.69) is 30.6 Å². The zero-order valence-electron chi connectivity index (χ0n) is 19.5. The minimum absolute atomic E-state index is 0.00561. The van der Waals surface area contributed by atoms with Crippen LogP contribution in [0.1, 0.15) is 59.6 Å². The van der Waals surface area contributed by atoms with E-state index < -0.39 is 10.0 Å². The molecule has 1 heterocycles. The number of nitrogens with one attached hydrogen (secondary N) is 2. The van der Waals surface area contributed by atoms with Gasteiger partial charge in [-0.15, -0.1) is 0 Å². The van der Waals surface area contributed by atoms with Crippen LogP contribution in [0.5, 0.6) is 5.75 Å². The summed E-state index contributed by atoms with van der Waals surface area (Å²) in [4.78, 5) is 21.9. The van der Waals surface area contributed by atoms with Crippen LogP contribution in [0.2, 0.25) is 0 Å². The number of aromatic amines is 1. The molecule has 0 saturated heterocycles. The van der Waals surface area contributed by atoms with Crippen molar-refractivity contribution < 1.29 is 13.2 Å². The lowest BCUT2D eigenvalue weighted by Crippen LogP contribution is -2.45. The molecule has 0 bridgehead atoms. The van der Waals surface area contributed by atoms with Crippen LogP contribution in [-0.4, -0.2) is 49.1 Å². The van der Waals surface area contributed by atoms with Crippen LogP contribution in [0.3, 0.4) is 0 Å². The smallest absolute Gasteiger partial charge is 0.265 e. The van der Waals surface area contributed by atoms with E-state index in [1.807, 2.05) is 46.4 Å². The van der Waals surface area contributed by atoms with Crippen molar-refractivity contribution in [3.8, 4) is 17.1 Å². The van der Waals surface area contributed by atoms with Crippen molar-refractivity contribution >= 4 is 26.0 Å². The van der Waals surface area contributed by atoms with E-state index in [1.165, 1.54) is 12.1 Å². The molecule has 0 aliphatic rings. The highest BCUT2D eigenvalue weighted by Gasteiger charge is 2.23. The van der Waals surface area contributed by atoms with Gasteiger partial charge in [0.15, 0.2) is 0 Å². The van der Waals surface area contributed by atoms with E-state index in [4.69, 9.17) is 4.74 Å². The van der Waals surface area contributed by atoms with Crippen molar-refractivity contribution in [3.63, 3.8) is 0 Å². The Kier molecular flexibility index (Phi) is 9.44. The third-order valence-electron chi connectivity index (χ3n) is 5.10. The van der Waals surface area contributed by atoms with Gasteiger partial charge in [-0.2, -0.15) is 4.72 Å². The molecule has 0 saturated carbocycles. The lowest BCUT2D eigenvalue weighted by molar-refractivity contribution is 0.220. The van der Waals surface area contributed by atoms with Gasteiger partial charge in [0.05, 0.1) is 28.9 Å². The van der Waals surface area contributed by atoms with E-state index in [0.29, 0.717) is 28.1 Å². The molecule has 0 radical (unpaired) electrons. The fourth-order valence-corrected chi connectivity index (χ4v) is 5.22. The number of hydrogen-bond donors (Lipinski definition) is 2. The van der Waals surface area contributed by atoms with Gasteiger partial charge in [-0.3, -0.25) is 9.69 Å². The van der Waals surface area contributed by atoms with Crippen LogP contribution >= 0.6 is 15.9 Å². The summed E-state index contributed by atoms with van der Waals surface area (Å²) in [6.45, 7) is 13.5. The first-order valence-corrected chi connectivity index (χ1v) is 13.2. The minimum atomic E-state index is -3.81. The van der Waals surface area contributed by atoms with Gasteiger partial charge in [0.2, 0.25) is 10.0 Å². The first kappa shape index (κ1) is 26.5. The molecule has 0 amide bonds. The van der Waals surface area contributed by atoms with Crippen LogP contribution in [0, 0.1) is 0 Å². The molecule has 0 aliphatic carbocycles. The second-order valence-corrected chi connectivity index (χ2v) is 10.3. The maximum Gasteiger partial charge on any atom is 0.265 e. The average molecular weight is 530 g/mol. The second kappa shape index (κ2) is 11.4. The highest BCUT2D eigenvalue weighted by molar-refractivity contribution is 9.10. The maximum absolute atomic E-state index is 13.1. The minimum Gasteiger partial charge on any atom is -0.493 e. The zero-order valence-corrected chi connectivity index (χ0v) is 21.9. The van der Waals surface area contributed by atoms with Gasteiger partial charge in [-0.1, -0.05) is 34.6 Å². The molecule has 0 fully saturated rings. The molecule has 2 N–H and O–H groups in total. The maximum atomic E-state index is 13.1. The SMILES string of the molecule is CCCOc1ccc(S(=O)(=O)NC(C)N(CC)CC)cc1-c1nc(C(C)C)c(Br)c(=O)[nH]1. The second-order valence-electron chi connectivity index (χ2n) is 7.79. The lowest BCUT2D eigenvalue weighted by Gasteiger charge is -2.27. The molecule has 0 aliphatic heterocycles. The number of sulfonamides is 1. The van der Waals surface area contributed by atoms with Crippen molar-refractivity contribution in [1.29, 1.82) is 0 Å². The van der Waals surface area contributed by atoms with Gasteiger partial charge in [0, 0.05) is 0 Å². The largest absolute Gasteiger partial charge is 0.493 e. The molecular weight excluding hydrogens is 496 g/mol. The van der Waals surface area contributed by atoms with Gasteiger partial charge in [0.1, 0.15) is 16.0 Å². The van der Waals surface area contributed by atoms with E-state index in [9.17, 15) is 13.2 Å². The Bertz CT molecular complexity index is 1080. The standard InChI is InChI=1S/C22H33BrN4O4S/c1-7-12-31-18-11-10-16(32(29,30)26-15(6)27(8-2)9-3)13-17(18)21-24-20(14(4)5)19(23)22(28)25-21/h10-11,13-15,26H,7-9,12H2,1-6H3,(H,24,25,28). The third kappa shape index (κ3) is 6.18. The van der Waals surface area contributed by atoms with Gasteiger partial charge in [0.25, 0.3) is 5.56 Å². The van der Waals surface area contributed by atoms with Crippen molar-refractivity contribution in [2.75, 3.05) is 19.7 Å².